The van der Waals surface area contributed by atoms with Crippen molar-refractivity contribution in [2.24, 2.45) is 0 Å². The van der Waals surface area contributed by atoms with Gasteiger partial charge in [-0.2, -0.15) is 0 Å². The van der Waals surface area contributed by atoms with Crippen molar-refractivity contribution in [2.45, 2.75) is 45.3 Å². The molecule has 0 spiro atoms. The maximum Gasteiger partial charge on any atom is 0.222 e. The van der Waals surface area contributed by atoms with Crippen LogP contribution in [-0.2, 0) is 9.59 Å². The lowest BCUT2D eigenvalue weighted by Gasteiger charge is -2.18. The molecule has 0 radical (unpaired) electrons. The topological polar surface area (TPSA) is 78.4 Å². The fraction of sp³-hybridized carbons (Fsp3) is 0.500. The fourth-order valence-corrected chi connectivity index (χ4v) is 2.11. The van der Waals surface area contributed by atoms with Gasteiger partial charge in [-0.1, -0.05) is 43.7 Å². The highest BCUT2D eigenvalue weighted by Crippen LogP contribution is 2.16. The normalized spacial score (nSPS) is 13.3. The third-order valence-electron chi connectivity index (χ3n) is 3.13. The Labute approximate surface area is 125 Å². The van der Waals surface area contributed by atoms with Gasteiger partial charge < -0.3 is 15.7 Å². The molecule has 0 aliphatic rings. The number of hydrogen-bond acceptors (Lipinski definition) is 3. The van der Waals surface area contributed by atoms with E-state index < -0.39 is 6.10 Å². The number of hydrogen-bond donors (Lipinski definition) is 3. The van der Waals surface area contributed by atoms with Crippen molar-refractivity contribution in [2.75, 3.05) is 6.54 Å². The van der Waals surface area contributed by atoms with Gasteiger partial charge in [-0.25, -0.2) is 0 Å². The van der Waals surface area contributed by atoms with Crippen molar-refractivity contribution in [3.05, 3.63) is 35.9 Å². The molecule has 1 aromatic carbocycles. The maximum atomic E-state index is 11.9. The molecule has 116 valence electrons. The zero-order chi connectivity index (χ0) is 15.7. The zero-order valence-corrected chi connectivity index (χ0v) is 12.6. The predicted molar refractivity (Wildman–Crippen MR) is 81.5 cm³/mol. The van der Waals surface area contributed by atoms with Crippen LogP contribution in [0, 0.1) is 0 Å². The van der Waals surface area contributed by atoms with Crippen LogP contribution in [0.3, 0.4) is 0 Å². The molecule has 1 aromatic rings. The van der Waals surface area contributed by atoms with Gasteiger partial charge >= 0.3 is 0 Å². The summed E-state index contributed by atoms with van der Waals surface area (Å²) in [4.78, 5) is 23.2. The minimum Gasteiger partial charge on any atom is -0.391 e. The second-order valence-electron chi connectivity index (χ2n) is 5.11. The van der Waals surface area contributed by atoms with Gasteiger partial charge in [0.15, 0.2) is 0 Å². The van der Waals surface area contributed by atoms with E-state index in [0.717, 1.165) is 12.0 Å². The van der Waals surface area contributed by atoms with Gasteiger partial charge in [-0.15, -0.1) is 0 Å². The number of benzene rings is 1. The standard InChI is InChI=1S/C16H24N2O3/c1-3-7-14(20)11-17-16(21)10-15(18-12(2)19)13-8-5-4-6-9-13/h4-6,8-9,14-15,20H,3,7,10-11H2,1-2H3,(H,17,21)(H,18,19). The van der Waals surface area contributed by atoms with Gasteiger partial charge in [0.2, 0.25) is 11.8 Å². The predicted octanol–water partition coefficient (Wildman–Crippen LogP) is 1.53. The average molecular weight is 292 g/mol. The quantitative estimate of drug-likeness (QED) is 0.680. The van der Waals surface area contributed by atoms with Crippen LogP contribution in [0.1, 0.15) is 44.7 Å². The van der Waals surface area contributed by atoms with Crippen LogP contribution in [0.15, 0.2) is 30.3 Å². The molecule has 1 rings (SSSR count). The molecule has 0 saturated heterocycles. The first-order chi connectivity index (χ1) is 10.0. The van der Waals surface area contributed by atoms with Gasteiger partial charge in [0.1, 0.15) is 0 Å². The van der Waals surface area contributed by atoms with E-state index in [1.54, 1.807) is 0 Å². The van der Waals surface area contributed by atoms with E-state index in [1.807, 2.05) is 37.3 Å². The summed E-state index contributed by atoms with van der Waals surface area (Å²) in [5.41, 5.74) is 0.886. The molecule has 0 aliphatic carbocycles. The first-order valence-electron chi connectivity index (χ1n) is 7.29. The maximum absolute atomic E-state index is 11.9. The van der Waals surface area contributed by atoms with Crippen molar-refractivity contribution in [3.63, 3.8) is 0 Å². The van der Waals surface area contributed by atoms with Crippen LogP contribution in [0.25, 0.3) is 0 Å². The van der Waals surface area contributed by atoms with Gasteiger partial charge in [0, 0.05) is 13.5 Å². The van der Waals surface area contributed by atoms with Crippen molar-refractivity contribution < 1.29 is 14.7 Å². The van der Waals surface area contributed by atoms with Gasteiger partial charge in [-0.3, -0.25) is 9.59 Å². The van der Waals surface area contributed by atoms with Gasteiger partial charge in [0.05, 0.1) is 18.6 Å². The SMILES string of the molecule is CCCC(O)CNC(=O)CC(NC(C)=O)c1ccccc1. The summed E-state index contributed by atoms with van der Waals surface area (Å²) >= 11 is 0. The number of rotatable bonds is 8. The third kappa shape index (κ3) is 6.90. The van der Waals surface area contributed by atoms with Crippen LogP contribution in [-0.4, -0.2) is 29.6 Å². The van der Waals surface area contributed by atoms with Crippen molar-refractivity contribution in [3.8, 4) is 0 Å². The molecule has 2 atom stereocenters. The Bertz CT molecular complexity index is 448. The number of nitrogens with one attached hydrogen (secondary N) is 2. The fourth-order valence-electron chi connectivity index (χ4n) is 2.11. The molecule has 5 nitrogen and oxygen atoms in total. The summed E-state index contributed by atoms with van der Waals surface area (Å²) in [5.74, 6) is -0.365. The van der Waals surface area contributed by atoms with Crippen molar-refractivity contribution in [1.29, 1.82) is 0 Å². The molecule has 2 amide bonds. The number of carbonyl (C=O) groups is 2. The van der Waals surface area contributed by atoms with E-state index in [2.05, 4.69) is 10.6 Å². The molecule has 2 unspecified atom stereocenters. The molecule has 5 heteroatoms. The Kier molecular flexibility index (Phi) is 7.46. The van der Waals surface area contributed by atoms with Crippen LogP contribution >= 0.6 is 0 Å². The summed E-state index contributed by atoms with van der Waals surface area (Å²) in [6.45, 7) is 3.65. The Morgan fingerprint density at radius 3 is 2.48 bits per heavy atom. The highest BCUT2D eigenvalue weighted by Gasteiger charge is 2.17. The summed E-state index contributed by atoms with van der Waals surface area (Å²) in [5, 5.41) is 15.1. The molecule has 0 aromatic heterocycles. The van der Waals surface area contributed by atoms with E-state index in [0.29, 0.717) is 6.42 Å². The molecular weight excluding hydrogens is 268 g/mol. The lowest BCUT2D eigenvalue weighted by Crippen LogP contribution is -2.36. The van der Waals surface area contributed by atoms with Crippen LogP contribution in [0.2, 0.25) is 0 Å². The summed E-state index contributed by atoms with van der Waals surface area (Å²) in [7, 11) is 0. The Morgan fingerprint density at radius 1 is 1.24 bits per heavy atom. The van der Waals surface area contributed by atoms with Crippen molar-refractivity contribution in [1.82, 2.24) is 10.6 Å². The Hall–Kier alpha value is -1.88. The summed E-state index contributed by atoms with van der Waals surface area (Å²) in [6.07, 6.45) is 1.17. The number of aliphatic hydroxyl groups excluding tert-OH is 1. The molecule has 0 fully saturated rings. The second-order valence-corrected chi connectivity index (χ2v) is 5.11. The second kappa shape index (κ2) is 9.13. The highest BCUT2D eigenvalue weighted by molar-refractivity contribution is 5.79. The first-order valence-corrected chi connectivity index (χ1v) is 7.29. The van der Waals surface area contributed by atoms with Crippen LogP contribution in [0.5, 0.6) is 0 Å². The van der Waals surface area contributed by atoms with E-state index in [9.17, 15) is 14.7 Å². The van der Waals surface area contributed by atoms with E-state index in [4.69, 9.17) is 0 Å². The van der Waals surface area contributed by atoms with Crippen molar-refractivity contribution >= 4 is 11.8 Å². The van der Waals surface area contributed by atoms with Crippen LogP contribution < -0.4 is 10.6 Å². The Morgan fingerprint density at radius 2 is 1.90 bits per heavy atom. The smallest absolute Gasteiger partial charge is 0.222 e. The largest absolute Gasteiger partial charge is 0.391 e. The van der Waals surface area contributed by atoms with E-state index in [1.165, 1.54) is 6.92 Å². The van der Waals surface area contributed by atoms with E-state index in [-0.39, 0.29) is 30.8 Å². The summed E-state index contributed by atoms with van der Waals surface area (Å²) < 4.78 is 0. The lowest BCUT2D eigenvalue weighted by atomic mass is 10.0. The van der Waals surface area contributed by atoms with Crippen LogP contribution in [0.4, 0.5) is 0 Å². The van der Waals surface area contributed by atoms with E-state index >= 15 is 0 Å². The number of carbonyl (C=O) groups excluding carboxylic acids is 2. The molecule has 0 saturated carbocycles. The average Bonchev–Trinajstić information content (AvgIpc) is 2.45. The summed E-state index contributed by atoms with van der Waals surface area (Å²) in [6, 6.07) is 9.02. The monoisotopic (exact) mass is 292 g/mol. The molecule has 0 aliphatic heterocycles. The Balaban J connectivity index is 2.56. The molecule has 0 bridgehead atoms. The minimum atomic E-state index is -0.519. The third-order valence-corrected chi connectivity index (χ3v) is 3.13. The number of aliphatic hydroxyl groups is 1. The molecular formula is C16H24N2O3. The number of amides is 2. The minimum absolute atomic E-state index is 0.155. The van der Waals surface area contributed by atoms with Gasteiger partial charge in [0.25, 0.3) is 0 Å². The molecule has 0 heterocycles. The molecule has 3 N–H and O–H groups in total. The lowest BCUT2D eigenvalue weighted by molar-refractivity contribution is -0.123. The highest BCUT2D eigenvalue weighted by atomic mass is 16.3. The molecule has 21 heavy (non-hydrogen) atoms. The zero-order valence-electron chi connectivity index (χ0n) is 12.6. The first kappa shape index (κ1) is 17.2. The van der Waals surface area contributed by atoms with Gasteiger partial charge in [-0.05, 0) is 12.0 Å².